The molecule has 0 spiro atoms. The third-order valence-corrected chi connectivity index (χ3v) is 8.53. The number of carbonyl (C=O) groups excluding carboxylic acids is 1. The number of carbonyl (C=O) groups is 1. The van der Waals surface area contributed by atoms with E-state index < -0.39 is 5.60 Å². The van der Waals surface area contributed by atoms with Crippen molar-refractivity contribution in [2.24, 2.45) is 0 Å². The zero-order valence-electron chi connectivity index (χ0n) is 27.7. The average Bonchev–Trinajstić information content (AvgIpc) is 3.01. The van der Waals surface area contributed by atoms with Crippen LogP contribution in [-0.2, 0) is 30.8 Å². The van der Waals surface area contributed by atoms with Gasteiger partial charge in [0.2, 0.25) is 0 Å². The minimum absolute atomic E-state index is 0.0215. The molecule has 6 heteroatoms. The Morgan fingerprint density at radius 3 is 1.93 bits per heavy atom. The molecule has 5 rings (SSSR count). The monoisotopic (exact) mass is 621 g/mol. The van der Waals surface area contributed by atoms with E-state index in [1.807, 2.05) is 50.8 Å². The predicted molar refractivity (Wildman–Crippen MR) is 184 cm³/mol. The first kappa shape index (κ1) is 33.4. The highest BCUT2D eigenvalue weighted by molar-refractivity contribution is 5.68. The molecule has 1 saturated heterocycles. The number of amides is 1. The fraction of sp³-hybridized carbons (Fsp3) is 0.375. The number of nitrogens with zero attached hydrogens (tertiary/aromatic N) is 3. The van der Waals surface area contributed by atoms with Gasteiger partial charge in [0.15, 0.2) is 0 Å². The summed E-state index contributed by atoms with van der Waals surface area (Å²) in [6.45, 7) is 12.1. The average molecular weight is 622 g/mol. The Hall–Kier alpha value is -4.00. The summed E-state index contributed by atoms with van der Waals surface area (Å²) >= 11 is 0. The summed E-state index contributed by atoms with van der Waals surface area (Å²) in [5.41, 5.74) is 4.99. The highest BCUT2D eigenvalue weighted by atomic mass is 19.1. The van der Waals surface area contributed by atoms with Gasteiger partial charge in [-0.1, -0.05) is 97.1 Å². The van der Waals surface area contributed by atoms with Crippen molar-refractivity contribution in [2.45, 2.75) is 77.9 Å². The quantitative estimate of drug-likeness (QED) is 0.169. The number of piperazine rings is 1. The first-order chi connectivity index (χ1) is 22.1. The molecule has 2 atom stereocenters. The molecule has 1 heterocycles. The molecule has 0 aromatic heterocycles. The zero-order chi connectivity index (χ0) is 32.5. The van der Waals surface area contributed by atoms with Gasteiger partial charge in [-0.3, -0.25) is 9.80 Å². The molecule has 0 aliphatic carbocycles. The normalized spacial score (nSPS) is 16.4. The van der Waals surface area contributed by atoms with E-state index in [-0.39, 0.29) is 24.0 Å². The lowest BCUT2D eigenvalue weighted by Crippen LogP contribution is -2.57. The molecular weight excluding hydrogens is 573 g/mol. The van der Waals surface area contributed by atoms with Gasteiger partial charge in [-0.25, -0.2) is 9.18 Å². The third-order valence-electron chi connectivity index (χ3n) is 8.53. The molecular formula is C40H48FN3O2. The van der Waals surface area contributed by atoms with Crippen LogP contribution in [0.1, 0.15) is 55.0 Å². The van der Waals surface area contributed by atoms with Gasteiger partial charge < -0.3 is 9.64 Å². The van der Waals surface area contributed by atoms with Crippen LogP contribution in [0.15, 0.2) is 109 Å². The molecule has 0 radical (unpaired) electrons. The lowest BCUT2D eigenvalue weighted by Gasteiger charge is -2.44. The Morgan fingerprint density at radius 1 is 0.826 bits per heavy atom. The van der Waals surface area contributed by atoms with Gasteiger partial charge in [0.1, 0.15) is 11.4 Å². The minimum atomic E-state index is -0.589. The molecule has 0 saturated carbocycles. The van der Waals surface area contributed by atoms with E-state index in [0.29, 0.717) is 13.0 Å². The van der Waals surface area contributed by atoms with Gasteiger partial charge in [-0.2, -0.15) is 0 Å². The summed E-state index contributed by atoms with van der Waals surface area (Å²) in [4.78, 5) is 20.6. The van der Waals surface area contributed by atoms with Crippen LogP contribution in [0.5, 0.6) is 0 Å². The summed E-state index contributed by atoms with van der Waals surface area (Å²) in [7, 11) is 0. The van der Waals surface area contributed by atoms with E-state index in [1.165, 1.54) is 16.7 Å². The smallest absolute Gasteiger partial charge is 0.410 e. The molecule has 5 nitrogen and oxygen atoms in total. The molecule has 4 aromatic rings. The number of hydrogen-bond acceptors (Lipinski definition) is 4. The first-order valence-corrected chi connectivity index (χ1v) is 16.5. The lowest BCUT2D eigenvalue weighted by atomic mass is 9.94. The van der Waals surface area contributed by atoms with Crippen molar-refractivity contribution in [3.8, 4) is 0 Å². The van der Waals surface area contributed by atoms with Gasteiger partial charge >= 0.3 is 6.09 Å². The SMILES string of the molecule is Cc1cc(F)cc(CC(C[C@H]2CN(Cc3ccccc3)CCN2C(=O)OC(C)(C)C)N(Cc2ccccc2)Cc2ccccc2)c1. The van der Waals surface area contributed by atoms with E-state index in [2.05, 4.69) is 88.7 Å². The maximum atomic E-state index is 14.7. The molecule has 0 N–H and O–H groups in total. The maximum Gasteiger partial charge on any atom is 0.410 e. The fourth-order valence-electron chi connectivity index (χ4n) is 6.50. The molecule has 4 aromatic carbocycles. The van der Waals surface area contributed by atoms with E-state index in [1.54, 1.807) is 12.1 Å². The minimum Gasteiger partial charge on any atom is -0.444 e. The van der Waals surface area contributed by atoms with Gasteiger partial charge in [0, 0.05) is 51.4 Å². The number of benzene rings is 4. The molecule has 1 aliphatic heterocycles. The first-order valence-electron chi connectivity index (χ1n) is 16.5. The van der Waals surface area contributed by atoms with Crippen molar-refractivity contribution in [1.82, 2.24) is 14.7 Å². The van der Waals surface area contributed by atoms with Gasteiger partial charge in [0.25, 0.3) is 0 Å². The second kappa shape index (κ2) is 15.5. The number of ether oxygens (including phenoxy) is 1. The zero-order valence-corrected chi connectivity index (χ0v) is 27.7. The Kier molecular flexibility index (Phi) is 11.3. The molecule has 0 bridgehead atoms. The van der Waals surface area contributed by atoms with Crippen molar-refractivity contribution in [3.63, 3.8) is 0 Å². The van der Waals surface area contributed by atoms with Crippen LogP contribution in [0, 0.1) is 12.7 Å². The van der Waals surface area contributed by atoms with E-state index in [0.717, 1.165) is 50.3 Å². The van der Waals surface area contributed by atoms with Crippen molar-refractivity contribution in [3.05, 3.63) is 143 Å². The van der Waals surface area contributed by atoms with Gasteiger partial charge in [-0.05, 0) is 80.5 Å². The summed E-state index contributed by atoms with van der Waals surface area (Å²) in [6, 6.07) is 36.8. The van der Waals surface area contributed by atoms with Crippen LogP contribution < -0.4 is 0 Å². The third kappa shape index (κ3) is 10.0. The van der Waals surface area contributed by atoms with Crippen LogP contribution in [0.4, 0.5) is 9.18 Å². The highest BCUT2D eigenvalue weighted by Crippen LogP contribution is 2.27. The Bertz CT molecular complexity index is 1460. The number of halogens is 1. The van der Waals surface area contributed by atoms with Crippen LogP contribution in [-0.4, -0.2) is 58.1 Å². The van der Waals surface area contributed by atoms with Crippen molar-refractivity contribution in [2.75, 3.05) is 19.6 Å². The number of rotatable bonds is 11. The summed E-state index contributed by atoms with van der Waals surface area (Å²) < 4.78 is 20.7. The van der Waals surface area contributed by atoms with Crippen LogP contribution in [0.2, 0.25) is 0 Å². The van der Waals surface area contributed by atoms with Crippen molar-refractivity contribution >= 4 is 6.09 Å². The largest absolute Gasteiger partial charge is 0.444 e. The second-order valence-corrected chi connectivity index (χ2v) is 13.7. The van der Waals surface area contributed by atoms with Crippen LogP contribution in [0.3, 0.4) is 0 Å². The predicted octanol–water partition coefficient (Wildman–Crippen LogP) is 8.26. The molecule has 1 unspecified atom stereocenters. The molecule has 242 valence electrons. The number of aryl methyl sites for hydroxylation is 1. The van der Waals surface area contributed by atoms with Crippen molar-refractivity contribution in [1.29, 1.82) is 0 Å². The Labute approximate surface area is 274 Å². The standard InChI is InChI=1S/C40H48FN3O2/c1-31-22-35(24-36(41)23-31)25-37(43(28-33-16-10-6-11-17-33)29-34-18-12-7-13-19-34)26-38-30-42(27-32-14-8-5-9-15-32)20-21-44(38)39(45)46-40(2,3)4/h5-19,22-24,37-38H,20-21,25-30H2,1-4H3/t37?,38-/m0/s1. The van der Waals surface area contributed by atoms with Crippen molar-refractivity contribution < 1.29 is 13.9 Å². The van der Waals surface area contributed by atoms with E-state index >= 15 is 0 Å². The fourth-order valence-corrected chi connectivity index (χ4v) is 6.50. The van der Waals surface area contributed by atoms with E-state index in [9.17, 15) is 9.18 Å². The summed E-state index contributed by atoms with van der Waals surface area (Å²) in [5, 5.41) is 0. The number of hydrogen-bond donors (Lipinski definition) is 0. The summed E-state index contributed by atoms with van der Waals surface area (Å²) in [5.74, 6) is -0.214. The van der Waals surface area contributed by atoms with Crippen LogP contribution >= 0.6 is 0 Å². The maximum absolute atomic E-state index is 14.7. The summed E-state index contributed by atoms with van der Waals surface area (Å²) in [6.07, 6.45) is 1.12. The molecule has 1 fully saturated rings. The Balaban J connectivity index is 1.50. The van der Waals surface area contributed by atoms with Gasteiger partial charge in [-0.15, -0.1) is 0 Å². The topological polar surface area (TPSA) is 36.0 Å². The van der Waals surface area contributed by atoms with E-state index in [4.69, 9.17) is 4.74 Å². The molecule has 1 amide bonds. The van der Waals surface area contributed by atoms with Gasteiger partial charge in [0.05, 0.1) is 0 Å². The Morgan fingerprint density at radius 2 is 1.39 bits per heavy atom. The molecule has 46 heavy (non-hydrogen) atoms. The van der Waals surface area contributed by atoms with Crippen LogP contribution in [0.25, 0.3) is 0 Å². The highest BCUT2D eigenvalue weighted by Gasteiger charge is 2.36. The lowest BCUT2D eigenvalue weighted by molar-refractivity contribution is -0.00959. The molecule has 1 aliphatic rings. The second-order valence-electron chi connectivity index (χ2n) is 13.7.